The molecule has 1 aliphatic heterocycles. The van der Waals surface area contributed by atoms with Crippen LogP contribution in [0.5, 0.6) is 11.5 Å². The van der Waals surface area contributed by atoms with Crippen LogP contribution in [0.15, 0.2) is 29.0 Å². The number of carbonyl (C=O) groups excluding carboxylic acids is 1. The summed E-state index contributed by atoms with van der Waals surface area (Å²) in [6.45, 7) is 15.5. The number of carbonyl (C=O) groups is 1. The maximum Gasteiger partial charge on any atom is 0.154 e. The Hall–Kier alpha value is -2.35. The Morgan fingerprint density at radius 2 is 2.03 bits per heavy atom. The van der Waals surface area contributed by atoms with Crippen LogP contribution >= 0.6 is 11.6 Å². The highest BCUT2D eigenvalue weighted by atomic mass is 35.5. The van der Waals surface area contributed by atoms with Gasteiger partial charge in [-0.2, -0.15) is 0 Å². The van der Waals surface area contributed by atoms with Crippen molar-refractivity contribution in [2.24, 2.45) is 22.4 Å². The van der Waals surface area contributed by atoms with Crippen molar-refractivity contribution in [2.75, 3.05) is 46.6 Å². The van der Waals surface area contributed by atoms with E-state index >= 15 is 0 Å². The van der Waals surface area contributed by atoms with E-state index in [2.05, 4.69) is 43.0 Å². The Morgan fingerprint density at radius 1 is 1.32 bits per heavy atom. The first-order chi connectivity index (χ1) is 18.1. The Labute approximate surface area is 232 Å². The molecule has 3 rings (SSSR count). The van der Waals surface area contributed by atoms with Gasteiger partial charge in [0.15, 0.2) is 6.29 Å². The Balaban J connectivity index is 1.70. The van der Waals surface area contributed by atoms with Crippen LogP contribution in [0.2, 0.25) is 5.02 Å². The average Bonchev–Trinajstić information content (AvgIpc) is 2.92. The number of halogens is 1. The zero-order valence-corrected chi connectivity index (χ0v) is 24.4. The molecule has 210 valence electrons. The quantitative estimate of drug-likeness (QED) is 0.168. The molecule has 38 heavy (non-hydrogen) atoms. The number of allylic oxidation sites excluding steroid dienone is 4. The van der Waals surface area contributed by atoms with Gasteiger partial charge in [-0.1, -0.05) is 61.3 Å². The molecular formula is C30H43ClN2O5. The zero-order chi connectivity index (χ0) is 27.9. The molecule has 8 heteroatoms. The molecule has 1 aliphatic carbocycles. The van der Waals surface area contributed by atoms with Crippen molar-refractivity contribution < 1.29 is 24.2 Å². The first-order valence-electron chi connectivity index (χ1n) is 13.5. The molecule has 0 radical (unpaired) electrons. The van der Waals surface area contributed by atoms with E-state index in [0.29, 0.717) is 47.1 Å². The topological polar surface area (TPSA) is 80.6 Å². The van der Waals surface area contributed by atoms with Crippen LogP contribution in [0.1, 0.15) is 62.0 Å². The molecule has 1 saturated heterocycles. The number of phenols is 1. The normalized spacial score (nSPS) is 26.2. The number of phenolic OH excluding ortho intramolecular Hbond substituents is 1. The van der Waals surface area contributed by atoms with E-state index in [1.165, 1.54) is 7.11 Å². The van der Waals surface area contributed by atoms with Crippen molar-refractivity contribution in [1.29, 1.82) is 0 Å². The smallest absolute Gasteiger partial charge is 0.154 e. The zero-order valence-electron chi connectivity index (χ0n) is 23.7. The second kappa shape index (κ2) is 13.6. The maximum absolute atomic E-state index is 11.5. The number of nitrogens with zero attached hydrogens (tertiary/aromatic N) is 2. The molecule has 3 atom stereocenters. The van der Waals surface area contributed by atoms with Gasteiger partial charge < -0.3 is 19.4 Å². The van der Waals surface area contributed by atoms with Crippen LogP contribution in [-0.4, -0.2) is 68.6 Å². The van der Waals surface area contributed by atoms with Gasteiger partial charge >= 0.3 is 0 Å². The minimum absolute atomic E-state index is 0.0720. The summed E-state index contributed by atoms with van der Waals surface area (Å²) in [6, 6.07) is 0. The number of methoxy groups -OCH3 is 1. The highest BCUT2D eigenvalue weighted by Crippen LogP contribution is 2.45. The molecule has 0 amide bonds. The highest BCUT2D eigenvalue weighted by Gasteiger charge is 2.41. The summed E-state index contributed by atoms with van der Waals surface area (Å²) in [6.07, 6.45) is 9.46. The Morgan fingerprint density at radius 3 is 2.68 bits per heavy atom. The fourth-order valence-corrected chi connectivity index (χ4v) is 5.58. The summed E-state index contributed by atoms with van der Waals surface area (Å²) < 4.78 is 10.9. The molecular weight excluding hydrogens is 504 g/mol. The standard InChI is InChI=1S/C30H43ClN2O5/c1-20(7-9-24-28(35)25(19-34)22(3)27(31)29(24)36-6)11-12-30(5)21(2)8-10-26(23(30)4)32-38-18-15-33-13-16-37-17-14-33/h7,11-12,19,21,23,35H,8-10,13-18H2,1-6H3/b12-11+,20-7+,32-26+/t21-,23+,30+/m1/s1. The summed E-state index contributed by atoms with van der Waals surface area (Å²) in [5.41, 5.74) is 3.30. The van der Waals surface area contributed by atoms with Crippen LogP contribution in [0.25, 0.3) is 0 Å². The summed E-state index contributed by atoms with van der Waals surface area (Å²) in [5, 5.41) is 15.6. The monoisotopic (exact) mass is 546 g/mol. The summed E-state index contributed by atoms with van der Waals surface area (Å²) in [4.78, 5) is 19.6. The highest BCUT2D eigenvalue weighted by molar-refractivity contribution is 6.33. The van der Waals surface area contributed by atoms with E-state index in [1.54, 1.807) is 6.92 Å². The number of ether oxygens (including phenoxy) is 2. The molecule has 1 heterocycles. The van der Waals surface area contributed by atoms with Crippen LogP contribution in [-0.2, 0) is 16.0 Å². The second-order valence-electron chi connectivity index (χ2n) is 10.7. The van der Waals surface area contributed by atoms with Crippen LogP contribution < -0.4 is 4.74 Å². The third-order valence-corrected chi connectivity index (χ3v) is 8.97. The number of oxime groups is 1. The van der Waals surface area contributed by atoms with E-state index in [0.717, 1.165) is 57.0 Å². The van der Waals surface area contributed by atoms with E-state index in [4.69, 9.17) is 25.9 Å². The van der Waals surface area contributed by atoms with Gasteiger partial charge in [0, 0.05) is 31.1 Å². The van der Waals surface area contributed by atoms with E-state index in [9.17, 15) is 9.90 Å². The SMILES string of the molecule is COc1c(Cl)c(C)c(C=O)c(O)c1C/C=C(C)/C=C/[C@@]1(C)[C@H](C)CC/C(=N\OCCN2CCOCC2)[C@@H]1C. The fourth-order valence-electron chi connectivity index (χ4n) is 5.29. The fraction of sp³-hybridized carbons (Fsp3) is 0.600. The number of aromatic hydroxyl groups is 1. The predicted molar refractivity (Wildman–Crippen MR) is 153 cm³/mol. The van der Waals surface area contributed by atoms with Gasteiger partial charge in [0.25, 0.3) is 0 Å². The minimum Gasteiger partial charge on any atom is -0.507 e. The molecule has 0 aromatic heterocycles. The van der Waals surface area contributed by atoms with Gasteiger partial charge in [-0.15, -0.1) is 0 Å². The lowest BCUT2D eigenvalue weighted by molar-refractivity contribution is 0.0206. The predicted octanol–water partition coefficient (Wildman–Crippen LogP) is 6.00. The number of hydrogen-bond donors (Lipinski definition) is 1. The minimum atomic E-state index is -0.0808. The Kier molecular flexibility index (Phi) is 10.8. The molecule has 0 unspecified atom stereocenters. The Bertz CT molecular complexity index is 1080. The van der Waals surface area contributed by atoms with E-state index in [1.807, 2.05) is 13.0 Å². The third kappa shape index (κ3) is 6.80. The molecule has 2 fully saturated rings. The van der Waals surface area contributed by atoms with Crippen molar-refractivity contribution in [2.45, 2.75) is 53.9 Å². The first kappa shape index (κ1) is 30.2. The molecule has 0 bridgehead atoms. The third-order valence-electron chi connectivity index (χ3n) is 8.52. The van der Waals surface area contributed by atoms with Crippen LogP contribution in [0, 0.1) is 24.2 Å². The molecule has 1 aromatic carbocycles. The summed E-state index contributed by atoms with van der Waals surface area (Å²) >= 11 is 6.42. The average molecular weight is 547 g/mol. The molecule has 2 aliphatic rings. The number of morpholine rings is 1. The van der Waals surface area contributed by atoms with Gasteiger partial charge in [0.2, 0.25) is 0 Å². The molecule has 1 saturated carbocycles. The van der Waals surface area contributed by atoms with E-state index < -0.39 is 0 Å². The van der Waals surface area contributed by atoms with Crippen molar-refractivity contribution in [3.63, 3.8) is 0 Å². The molecule has 7 nitrogen and oxygen atoms in total. The van der Waals surface area contributed by atoms with Crippen LogP contribution in [0.3, 0.4) is 0 Å². The van der Waals surface area contributed by atoms with Crippen molar-refractivity contribution in [3.8, 4) is 11.5 Å². The largest absolute Gasteiger partial charge is 0.507 e. The van der Waals surface area contributed by atoms with E-state index in [-0.39, 0.29) is 22.6 Å². The van der Waals surface area contributed by atoms with Gasteiger partial charge in [-0.3, -0.25) is 9.69 Å². The lowest BCUT2D eigenvalue weighted by Gasteiger charge is -2.43. The van der Waals surface area contributed by atoms with Gasteiger partial charge in [0.05, 0.1) is 36.6 Å². The summed E-state index contributed by atoms with van der Waals surface area (Å²) in [7, 11) is 1.51. The number of hydrogen-bond acceptors (Lipinski definition) is 7. The van der Waals surface area contributed by atoms with Gasteiger partial charge in [-0.05, 0) is 50.0 Å². The van der Waals surface area contributed by atoms with Gasteiger partial charge in [0.1, 0.15) is 18.1 Å². The second-order valence-corrected chi connectivity index (χ2v) is 11.1. The lowest BCUT2D eigenvalue weighted by Crippen LogP contribution is -2.40. The van der Waals surface area contributed by atoms with Gasteiger partial charge in [-0.25, -0.2) is 0 Å². The van der Waals surface area contributed by atoms with Crippen molar-refractivity contribution >= 4 is 23.6 Å². The lowest BCUT2D eigenvalue weighted by atomic mass is 9.61. The number of rotatable bonds is 10. The van der Waals surface area contributed by atoms with Crippen LogP contribution in [0.4, 0.5) is 0 Å². The number of aldehydes is 1. The van der Waals surface area contributed by atoms with Crippen molar-refractivity contribution in [3.05, 3.63) is 45.5 Å². The number of benzene rings is 1. The molecule has 0 spiro atoms. The summed E-state index contributed by atoms with van der Waals surface area (Å²) in [5.74, 6) is 1.05. The maximum atomic E-state index is 11.5. The first-order valence-corrected chi connectivity index (χ1v) is 13.9. The molecule has 1 N–H and O–H groups in total. The molecule has 1 aromatic rings. The van der Waals surface area contributed by atoms with Crippen molar-refractivity contribution in [1.82, 2.24) is 4.90 Å².